The maximum atomic E-state index is 12.9. The average molecular weight is 327 g/mol. The molecule has 0 radical (unpaired) electrons. The van der Waals surface area contributed by atoms with E-state index in [1.54, 1.807) is 11.8 Å². The molecule has 1 saturated carbocycles. The Morgan fingerprint density at radius 3 is 3.09 bits per heavy atom. The number of rotatable bonds is 3. The molecule has 2 aromatic rings. The first-order valence-electron chi connectivity index (χ1n) is 8.30. The van der Waals surface area contributed by atoms with Crippen LogP contribution in [0, 0.1) is 0 Å². The van der Waals surface area contributed by atoms with Crippen LogP contribution in [0.15, 0.2) is 43.0 Å². The zero-order chi connectivity index (χ0) is 15.6. The van der Waals surface area contributed by atoms with Crippen molar-refractivity contribution < 1.29 is 4.79 Å². The summed E-state index contributed by atoms with van der Waals surface area (Å²) >= 11 is 1.76. The highest BCUT2D eigenvalue weighted by Crippen LogP contribution is 2.38. The van der Waals surface area contributed by atoms with Gasteiger partial charge in [0.25, 0.3) is 0 Å². The second kappa shape index (κ2) is 6.40. The first kappa shape index (κ1) is 14.8. The van der Waals surface area contributed by atoms with E-state index in [0.717, 1.165) is 31.4 Å². The molecule has 4 nitrogen and oxygen atoms in total. The number of amides is 1. The third-order valence-electron chi connectivity index (χ3n) is 4.95. The standard InChI is InChI=1S/C18H21N3OS/c22-18(17-14-5-2-1-4-13(14)8-11-23-17)20-15-6-3-7-16(15)21-10-9-19-12-21/h1-2,4-5,9-10,12,15-17H,3,6-8,11H2,(H,20,22)/t15-,16+,17-/m1/s1. The molecule has 0 saturated heterocycles. The summed E-state index contributed by atoms with van der Waals surface area (Å²) in [7, 11) is 0. The van der Waals surface area contributed by atoms with E-state index >= 15 is 0 Å². The highest BCUT2D eigenvalue weighted by Gasteiger charge is 2.33. The van der Waals surface area contributed by atoms with Gasteiger partial charge in [0.1, 0.15) is 5.25 Å². The van der Waals surface area contributed by atoms with Crippen LogP contribution in [0.5, 0.6) is 0 Å². The van der Waals surface area contributed by atoms with Crippen LogP contribution in [0.2, 0.25) is 0 Å². The number of hydrogen-bond donors (Lipinski definition) is 1. The number of carbonyl (C=O) groups is 1. The van der Waals surface area contributed by atoms with Crippen molar-refractivity contribution in [3.63, 3.8) is 0 Å². The van der Waals surface area contributed by atoms with Crippen molar-refractivity contribution in [3.8, 4) is 0 Å². The van der Waals surface area contributed by atoms with Gasteiger partial charge in [-0.25, -0.2) is 4.98 Å². The van der Waals surface area contributed by atoms with E-state index in [1.807, 2.05) is 24.8 Å². The molecule has 1 aromatic heterocycles. The Labute approximate surface area is 140 Å². The summed E-state index contributed by atoms with van der Waals surface area (Å²) in [4.78, 5) is 17.0. The van der Waals surface area contributed by atoms with Gasteiger partial charge in [0.2, 0.25) is 5.91 Å². The molecule has 1 aliphatic carbocycles. The van der Waals surface area contributed by atoms with Gasteiger partial charge in [-0.2, -0.15) is 0 Å². The topological polar surface area (TPSA) is 46.9 Å². The Balaban J connectivity index is 1.50. The Hall–Kier alpha value is -1.75. The Bertz CT molecular complexity index is 685. The van der Waals surface area contributed by atoms with E-state index < -0.39 is 0 Å². The van der Waals surface area contributed by atoms with Crippen LogP contribution < -0.4 is 5.32 Å². The average Bonchev–Trinajstić information content (AvgIpc) is 3.25. The number of carbonyl (C=O) groups excluding carboxylic acids is 1. The summed E-state index contributed by atoms with van der Waals surface area (Å²) in [5, 5.41) is 3.25. The second-order valence-corrected chi connectivity index (χ2v) is 7.54. The highest BCUT2D eigenvalue weighted by atomic mass is 32.2. The number of thioether (sulfide) groups is 1. The summed E-state index contributed by atoms with van der Waals surface area (Å²) in [6, 6.07) is 8.91. The fraction of sp³-hybridized carbons (Fsp3) is 0.444. The molecule has 2 heterocycles. The fourth-order valence-corrected chi connectivity index (χ4v) is 5.00. The van der Waals surface area contributed by atoms with Gasteiger partial charge in [-0.05, 0) is 42.6 Å². The molecular weight excluding hydrogens is 306 g/mol. The van der Waals surface area contributed by atoms with Crippen LogP contribution >= 0.6 is 11.8 Å². The predicted octanol–water partition coefficient (Wildman–Crippen LogP) is 3.12. The smallest absolute Gasteiger partial charge is 0.237 e. The van der Waals surface area contributed by atoms with Crippen LogP contribution in [0.25, 0.3) is 0 Å². The van der Waals surface area contributed by atoms with Crippen molar-refractivity contribution in [2.45, 2.75) is 43.0 Å². The molecule has 1 aliphatic heterocycles. The molecule has 0 unspecified atom stereocenters. The van der Waals surface area contributed by atoms with Gasteiger partial charge >= 0.3 is 0 Å². The predicted molar refractivity (Wildman–Crippen MR) is 92.4 cm³/mol. The van der Waals surface area contributed by atoms with E-state index in [9.17, 15) is 4.79 Å². The van der Waals surface area contributed by atoms with Crippen LogP contribution in [0.3, 0.4) is 0 Å². The van der Waals surface area contributed by atoms with Gasteiger partial charge in [0, 0.05) is 18.4 Å². The van der Waals surface area contributed by atoms with Crippen LogP contribution in [-0.4, -0.2) is 27.3 Å². The quantitative estimate of drug-likeness (QED) is 0.942. The summed E-state index contributed by atoms with van der Waals surface area (Å²) in [5.74, 6) is 1.18. The van der Waals surface area contributed by atoms with E-state index in [0.29, 0.717) is 6.04 Å². The van der Waals surface area contributed by atoms with E-state index in [4.69, 9.17) is 0 Å². The lowest BCUT2D eigenvalue weighted by atomic mass is 10.0. The molecule has 3 atom stereocenters. The number of fused-ring (bicyclic) bond motifs is 1. The normalized spacial score (nSPS) is 26.7. The van der Waals surface area contributed by atoms with Gasteiger partial charge in [-0.15, -0.1) is 11.8 Å². The van der Waals surface area contributed by atoms with Crippen LogP contribution in [0.1, 0.15) is 41.7 Å². The second-order valence-electron chi connectivity index (χ2n) is 6.32. The molecule has 2 aliphatic rings. The Kier molecular flexibility index (Phi) is 4.12. The van der Waals surface area contributed by atoms with Crippen molar-refractivity contribution in [2.24, 2.45) is 0 Å². The molecule has 4 rings (SSSR count). The largest absolute Gasteiger partial charge is 0.350 e. The number of benzene rings is 1. The third kappa shape index (κ3) is 2.90. The minimum absolute atomic E-state index is 0.0658. The lowest BCUT2D eigenvalue weighted by molar-refractivity contribution is -0.121. The fourth-order valence-electron chi connectivity index (χ4n) is 3.80. The lowest BCUT2D eigenvalue weighted by Gasteiger charge is -2.28. The zero-order valence-electron chi connectivity index (χ0n) is 13.0. The van der Waals surface area contributed by atoms with Gasteiger partial charge < -0.3 is 9.88 Å². The Morgan fingerprint density at radius 2 is 2.22 bits per heavy atom. The molecule has 1 aromatic carbocycles. The third-order valence-corrected chi connectivity index (χ3v) is 6.19. The first-order valence-corrected chi connectivity index (χ1v) is 9.35. The lowest BCUT2D eigenvalue weighted by Crippen LogP contribution is -2.40. The molecule has 23 heavy (non-hydrogen) atoms. The monoisotopic (exact) mass is 327 g/mol. The number of nitrogens with one attached hydrogen (secondary N) is 1. The Morgan fingerprint density at radius 1 is 1.30 bits per heavy atom. The van der Waals surface area contributed by atoms with Gasteiger partial charge in [0.15, 0.2) is 0 Å². The molecule has 1 amide bonds. The van der Waals surface area contributed by atoms with Gasteiger partial charge in [-0.1, -0.05) is 24.3 Å². The van der Waals surface area contributed by atoms with Crippen LogP contribution in [-0.2, 0) is 11.2 Å². The summed E-state index contributed by atoms with van der Waals surface area (Å²) in [6.45, 7) is 0. The van der Waals surface area contributed by atoms with Crippen molar-refractivity contribution in [3.05, 3.63) is 54.1 Å². The van der Waals surface area contributed by atoms with Crippen LogP contribution in [0.4, 0.5) is 0 Å². The summed E-state index contributed by atoms with van der Waals surface area (Å²) in [6.07, 6.45) is 10.0. The van der Waals surface area contributed by atoms with Gasteiger partial charge in [-0.3, -0.25) is 4.79 Å². The number of nitrogens with zero attached hydrogens (tertiary/aromatic N) is 2. The van der Waals surface area contributed by atoms with Crippen molar-refractivity contribution in [1.29, 1.82) is 0 Å². The molecule has 0 spiro atoms. The summed E-state index contributed by atoms with van der Waals surface area (Å²) < 4.78 is 2.14. The minimum Gasteiger partial charge on any atom is -0.350 e. The number of hydrogen-bond acceptors (Lipinski definition) is 3. The number of imidazole rings is 1. The molecule has 120 valence electrons. The van der Waals surface area contributed by atoms with Crippen molar-refractivity contribution >= 4 is 17.7 Å². The zero-order valence-corrected chi connectivity index (χ0v) is 13.8. The highest BCUT2D eigenvalue weighted by molar-refractivity contribution is 8.00. The first-order chi connectivity index (χ1) is 11.3. The molecule has 1 N–H and O–H groups in total. The van der Waals surface area contributed by atoms with Gasteiger partial charge in [0.05, 0.1) is 12.4 Å². The number of aryl methyl sites for hydroxylation is 1. The minimum atomic E-state index is -0.0658. The molecule has 1 fully saturated rings. The summed E-state index contributed by atoms with van der Waals surface area (Å²) in [5.41, 5.74) is 2.52. The maximum Gasteiger partial charge on any atom is 0.237 e. The molecule has 5 heteroatoms. The molecule has 0 bridgehead atoms. The van der Waals surface area contributed by atoms with E-state index in [2.05, 4.69) is 33.1 Å². The van der Waals surface area contributed by atoms with E-state index in [1.165, 1.54) is 11.1 Å². The van der Waals surface area contributed by atoms with Crippen molar-refractivity contribution in [1.82, 2.24) is 14.9 Å². The molecular formula is C18H21N3OS. The maximum absolute atomic E-state index is 12.9. The number of aromatic nitrogens is 2. The van der Waals surface area contributed by atoms with E-state index in [-0.39, 0.29) is 17.2 Å². The van der Waals surface area contributed by atoms with Crippen molar-refractivity contribution in [2.75, 3.05) is 5.75 Å². The SMILES string of the molecule is O=C(N[C@@H]1CCC[C@@H]1n1ccnc1)[C@@H]1SCCc2ccccc21.